The molecule has 1 saturated heterocycles. The molecule has 1 aliphatic carbocycles. The first-order valence-corrected chi connectivity index (χ1v) is 8.17. The highest BCUT2D eigenvalue weighted by Gasteiger charge is 2.33. The van der Waals surface area contributed by atoms with Gasteiger partial charge in [0.2, 0.25) is 0 Å². The van der Waals surface area contributed by atoms with Crippen molar-refractivity contribution < 1.29 is 0 Å². The molecule has 1 aliphatic heterocycles. The zero-order valence-electron chi connectivity index (χ0n) is 12.7. The molecule has 0 aromatic carbocycles. The quantitative estimate of drug-likeness (QED) is 0.713. The molecular weight excluding hydrogens is 220 g/mol. The van der Waals surface area contributed by atoms with E-state index in [0.29, 0.717) is 5.41 Å². The lowest BCUT2D eigenvalue weighted by Gasteiger charge is -2.36. The van der Waals surface area contributed by atoms with Crippen LogP contribution in [0.25, 0.3) is 0 Å². The zero-order valence-corrected chi connectivity index (χ0v) is 12.7. The van der Waals surface area contributed by atoms with Crippen molar-refractivity contribution in [3.63, 3.8) is 0 Å². The van der Waals surface area contributed by atoms with Crippen LogP contribution < -0.4 is 5.32 Å². The molecule has 0 amide bonds. The van der Waals surface area contributed by atoms with Crippen molar-refractivity contribution in [2.75, 3.05) is 26.2 Å². The number of hydrogen-bond acceptors (Lipinski definition) is 2. The Balaban J connectivity index is 1.83. The van der Waals surface area contributed by atoms with Gasteiger partial charge in [-0.25, -0.2) is 0 Å². The normalized spacial score (nSPS) is 25.8. The predicted octanol–water partition coefficient (Wildman–Crippen LogP) is 3.28. The molecule has 1 heterocycles. The zero-order chi connectivity index (χ0) is 13.0. The first-order valence-electron chi connectivity index (χ1n) is 8.17. The van der Waals surface area contributed by atoms with E-state index in [1.807, 2.05) is 0 Å². The second-order valence-electron chi connectivity index (χ2n) is 6.66. The molecule has 2 rings (SSSR count). The second kappa shape index (κ2) is 6.38. The number of hydrogen-bond donors (Lipinski definition) is 1. The van der Waals surface area contributed by atoms with Gasteiger partial charge in [-0.2, -0.15) is 0 Å². The van der Waals surface area contributed by atoms with Gasteiger partial charge in [0.25, 0.3) is 0 Å². The van der Waals surface area contributed by atoms with E-state index in [2.05, 4.69) is 31.0 Å². The van der Waals surface area contributed by atoms with Crippen molar-refractivity contribution in [2.45, 2.75) is 65.3 Å². The highest BCUT2D eigenvalue weighted by Crippen LogP contribution is 2.31. The smallest absolute Gasteiger partial charge is 0.00684 e. The molecule has 1 atom stereocenters. The number of likely N-dealkylation sites (tertiary alicyclic amines) is 1. The van der Waals surface area contributed by atoms with Gasteiger partial charge in [0.05, 0.1) is 0 Å². The summed E-state index contributed by atoms with van der Waals surface area (Å²) in [6.45, 7) is 12.3. The van der Waals surface area contributed by atoms with Crippen LogP contribution in [-0.4, -0.2) is 37.1 Å². The minimum atomic E-state index is 0.519. The third-order valence-corrected chi connectivity index (χ3v) is 5.35. The van der Waals surface area contributed by atoms with E-state index >= 15 is 0 Å². The van der Waals surface area contributed by atoms with Crippen LogP contribution in [0.15, 0.2) is 0 Å². The largest absolute Gasteiger partial charge is 0.313 e. The minimum Gasteiger partial charge on any atom is -0.313 e. The molecular formula is C16H32N2. The average Bonchev–Trinajstić information content (AvgIpc) is 3.13. The average molecular weight is 252 g/mol. The number of nitrogens with zero attached hydrogens (tertiary/aromatic N) is 1. The van der Waals surface area contributed by atoms with Crippen LogP contribution in [0.5, 0.6) is 0 Å². The maximum Gasteiger partial charge on any atom is 0.00684 e. The van der Waals surface area contributed by atoms with E-state index < -0.39 is 0 Å². The van der Waals surface area contributed by atoms with Crippen molar-refractivity contribution in [3.05, 3.63) is 0 Å². The SMILES string of the molecule is CCC1CCN(CC(CC)(CC)CNC2CC2)C1. The van der Waals surface area contributed by atoms with Crippen LogP contribution >= 0.6 is 0 Å². The molecule has 1 N–H and O–H groups in total. The van der Waals surface area contributed by atoms with E-state index in [1.54, 1.807) is 0 Å². The topological polar surface area (TPSA) is 15.3 Å². The van der Waals surface area contributed by atoms with Crippen molar-refractivity contribution in [1.29, 1.82) is 0 Å². The van der Waals surface area contributed by atoms with Crippen LogP contribution in [0.4, 0.5) is 0 Å². The highest BCUT2D eigenvalue weighted by molar-refractivity contribution is 4.90. The molecule has 1 saturated carbocycles. The van der Waals surface area contributed by atoms with Gasteiger partial charge < -0.3 is 10.2 Å². The third kappa shape index (κ3) is 3.71. The molecule has 0 bridgehead atoms. The molecule has 0 aromatic rings. The summed E-state index contributed by atoms with van der Waals surface area (Å²) in [5.74, 6) is 0.966. The van der Waals surface area contributed by atoms with Crippen LogP contribution in [-0.2, 0) is 0 Å². The lowest BCUT2D eigenvalue weighted by atomic mass is 9.81. The summed E-state index contributed by atoms with van der Waals surface area (Å²) < 4.78 is 0. The molecule has 2 aliphatic rings. The van der Waals surface area contributed by atoms with Gasteiger partial charge >= 0.3 is 0 Å². The Morgan fingerprint density at radius 1 is 1.11 bits per heavy atom. The Labute approximate surface area is 114 Å². The van der Waals surface area contributed by atoms with Gasteiger partial charge in [0, 0.05) is 25.7 Å². The molecule has 18 heavy (non-hydrogen) atoms. The summed E-state index contributed by atoms with van der Waals surface area (Å²) in [7, 11) is 0. The van der Waals surface area contributed by atoms with E-state index in [0.717, 1.165) is 12.0 Å². The van der Waals surface area contributed by atoms with Crippen molar-refractivity contribution in [3.8, 4) is 0 Å². The standard InChI is InChI=1S/C16H32N2/c1-4-14-9-10-18(11-14)13-16(5-2,6-3)12-17-15-7-8-15/h14-15,17H,4-13H2,1-3H3. The van der Waals surface area contributed by atoms with Crippen LogP contribution in [0.2, 0.25) is 0 Å². The van der Waals surface area contributed by atoms with Crippen molar-refractivity contribution in [2.24, 2.45) is 11.3 Å². The Morgan fingerprint density at radius 3 is 2.33 bits per heavy atom. The van der Waals surface area contributed by atoms with Gasteiger partial charge in [-0.05, 0) is 50.0 Å². The van der Waals surface area contributed by atoms with Gasteiger partial charge in [-0.15, -0.1) is 0 Å². The summed E-state index contributed by atoms with van der Waals surface area (Å²) in [5.41, 5.74) is 0.519. The Morgan fingerprint density at radius 2 is 1.83 bits per heavy atom. The maximum absolute atomic E-state index is 3.77. The Hall–Kier alpha value is -0.0800. The summed E-state index contributed by atoms with van der Waals surface area (Å²) in [4.78, 5) is 2.73. The van der Waals surface area contributed by atoms with Crippen molar-refractivity contribution in [1.82, 2.24) is 10.2 Å². The Bertz CT molecular complexity index is 243. The first-order chi connectivity index (χ1) is 8.71. The van der Waals surface area contributed by atoms with E-state index in [-0.39, 0.29) is 0 Å². The number of rotatable bonds is 8. The summed E-state index contributed by atoms with van der Waals surface area (Å²) in [5, 5.41) is 3.77. The van der Waals surface area contributed by atoms with Gasteiger partial charge in [-0.1, -0.05) is 27.2 Å². The molecule has 106 valence electrons. The fraction of sp³-hybridized carbons (Fsp3) is 1.00. The Kier molecular flexibility index (Phi) is 5.08. The summed E-state index contributed by atoms with van der Waals surface area (Å²) in [6, 6.07) is 0.851. The molecule has 2 nitrogen and oxygen atoms in total. The first kappa shape index (κ1) is 14.3. The van der Waals surface area contributed by atoms with Crippen LogP contribution in [0.3, 0.4) is 0 Å². The van der Waals surface area contributed by atoms with E-state index in [9.17, 15) is 0 Å². The fourth-order valence-electron chi connectivity index (χ4n) is 3.29. The molecule has 0 aromatic heterocycles. The molecule has 2 fully saturated rings. The summed E-state index contributed by atoms with van der Waals surface area (Å²) >= 11 is 0. The summed E-state index contributed by atoms with van der Waals surface area (Å²) in [6.07, 6.45) is 8.24. The third-order valence-electron chi connectivity index (χ3n) is 5.35. The maximum atomic E-state index is 3.77. The van der Waals surface area contributed by atoms with Gasteiger partial charge in [0.15, 0.2) is 0 Å². The fourth-order valence-corrected chi connectivity index (χ4v) is 3.29. The lowest BCUT2D eigenvalue weighted by molar-refractivity contribution is 0.150. The predicted molar refractivity (Wildman–Crippen MR) is 78.9 cm³/mol. The van der Waals surface area contributed by atoms with Crippen LogP contribution in [0, 0.1) is 11.3 Å². The van der Waals surface area contributed by atoms with Crippen LogP contribution in [0.1, 0.15) is 59.3 Å². The second-order valence-corrected chi connectivity index (χ2v) is 6.66. The molecule has 1 unspecified atom stereocenters. The number of nitrogens with one attached hydrogen (secondary N) is 1. The minimum absolute atomic E-state index is 0.519. The van der Waals surface area contributed by atoms with E-state index in [1.165, 1.54) is 64.7 Å². The van der Waals surface area contributed by atoms with Gasteiger partial charge in [0.1, 0.15) is 0 Å². The lowest BCUT2D eigenvalue weighted by Crippen LogP contribution is -2.43. The molecule has 2 heteroatoms. The highest BCUT2D eigenvalue weighted by atomic mass is 15.2. The monoisotopic (exact) mass is 252 g/mol. The molecule has 0 spiro atoms. The molecule has 0 radical (unpaired) electrons. The van der Waals surface area contributed by atoms with E-state index in [4.69, 9.17) is 0 Å². The van der Waals surface area contributed by atoms with Crippen molar-refractivity contribution >= 4 is 0 Å². The van der Waals surface area contributed by atoms with Gasteiger partial charge in [-0.3, -0.25) is 0 Å².